The number of esters is 1. The molecule has 0 bridgehead atoms. The molecule has 1 saturated heterocycles. The second-order valence-electron chi connectivity index (χ2n) is 6.08. The number of amides is 1. The van der Waals surface area contributed by atoms with Crippen molar-refractivity contribution in [3.05, 3.63) is 70.8 Å². The topological polar surface area (TPSA) is 63.7 Å². The highest BCUT2D eigenvalue weighted by Gasteiger charge is 2.21. The van der Waals surface area contributed by atoms with Crippen molar-refractivity contribution in [2.24, 2.45) is 0 Å². The molecule has 0 spiro atoms. The fourth-order valence-electron chi connectivity index (χ4n) is 2.78. The Balaban J connectivity index is 1.53. The average molecular weight is 384 g/mol. The molecule has 5 nitrogen and oxygen atoms in total. The van der Waals surface area contributed by atoms with Gasteiger partial charge in [0.2, 0.25) is 5.91 Å². The van der Waals surface area contributed by atoms with Crippen molar-refractivity contribution < 1.29 is 19.1 Å². The summed E-state index contributed by atoms with van der Waals surface area (Å²) >= 11 is 6.00. The molecule has 0 aromatic heterocycles. The lowest BCUT2D eigenvalue weighted by molar-refractivity contribution is -0.136. The van der Waals surface area contributed by atoms with Gasteiger partial charge in [-0.2, -0.15) is 0 Å². The fourth-order valence-corrected chi connectivity index (χ4v) is 2.98. The molecule has 0 N–H and O–H groups in total. The van der Waals surface area contributed by atoms with Gasteiger partial charge in [-0.05, 0) is 48.4 Å². The third kappa shape index (κ3) is 4.83. The summed E-state index contributed by atoms with van der Waals surface area (Å²) in [6, 6.07) is 13.8. The average Bonchev–Trinajstić information content (AvgIpc) is 3.11. The number of hydrogen-bond acceptors (Lipinski definition) is 4. The summed E-state index contributed by atoms with van der Waals surface area (Å²) in [7, 11) is 0. The zero-order valence-electron chi connectivity index (χ0n) is 14.6. The predicted octanol–water partition coefficient (Wildman–Crippen LogP) is 3.91. The van der Waals surface area contributed by atoms with E-state index >= 15 is 0 Å². The van der Waals surface area contributed by atoms with Crippen molar-refractivity contribution >= 4 is 41.0 Å². The van der Waals surface area contributed by atoms with E-state index in [1.54, 1.807) is 53.4 Å². The van der Waals surface area contributed by atoms with E-state index in [9.17, 15) is 14.4 Å². The number of ether oxygens (including phenoxy) is 1. The third-order valence-electron chi connectivity index (χ3n) is 4.22. The minimum absolute atomic E-state index is 0.0910. The summed E-state index contributed by atoms with van der Waals surface area (Å²) in [6.45, 7) is 0.342. The van der Waals surface area contributed by atoms with E-state index < -0.39 is 5.97 Å². The molecule has 0 aliphatic carbocycles. The summed E-state index contributed by atoms with van der Waals surface area (Å²) in [5.41, 5.74) is 1.89. The van der Waals surface area contributed by atoms with E-state index in [0.717, 1.165) is 12.1 Å². The molecular formula is C21H18ClNO4. The Morgan fingerprint density at radius 1 is 1.11 bits per heavy atom. The van der Waals surface area contributed by atoms with Gasteiger partial charge < -0.3 is 9.64 Å². The van der Waals surface area contributed by atoms with Crippen LogP contribution in [0, 0.1) is 0 Å². The summed E-state index contributed by atoms with van der Waals surface area (Å²) in [6.07, 6.45) is 4.17. The van der Waals surface area contributed by atoms with Gasteiger partial charge in [-0.3, -0.25) is 9.59 Å². The van der Waals surface area contributed by atoms with Gasteiger partial charge in [0.25, 0.3) is 0 Å². The molecule has 3 rings (SSSR count). The monoisotopic (exact) mass is 383 g/mol. The molecule has 1 aliphatic heterocycles. The number of benzene rings is 2. The van der Waals surface area contributed by atoms with Crippen LogP contribution in [-0.2, 0) is 14.3 Å². The molecule has 2 aromatic rings. The SMILES string of the molecule is O=C(/C=C/c1ccccc1Cl)OCC(=O)c1ccc(N2CCCC2=O)cc1. The molecule has 0 saturated carbocycles. The van der Waals surface area contributed by atoms with Crippen molar-refractivity contribution in [3.8, 4) is 0 Å². The van der Waals surface area contributed by atoms with Crippen LogP contribution in [0.2, 0.25) is 5.02 Å². The van der Waals surface area contributed by atoms with Crippen LogP contribution in [0.1, 0.15) is 28.8 Å². The van der Waals surface area contributed by atoms with E-state index in [4.69, 9.17) is 16.3 Å². The maximum Gasteiger partial charge on any atom is 0.331 e. The molecule has 0 radical (unpaired) electrons. The van der Waals surface area contributed by atoms with Crippen molar-refractivity contribution in [1.82, 2.24) is 0 Å². The van der Waals surface area contributed by atoms with Crippen LogP contribution in [0.25, 0.3) is 6.08 Å². The van der Waals surface area contributed by atoms with Crippen LogP contribution in [-0.4, -0.2) is 30.8 Å². The van der Waals surface area contributed by atoms with Gasteiger partial charge in [0, 0.05) is 35.3 Å². The molecule has 27 heavy (non-hydrogen) atoms. The zero-order chi connectivity index (χ0) is 19.2. The van der Waals surface area contributed by atoms with Gasteiger partial charge in [-0.25, -0.2) is 4.79 Å². The Kier molecular flexibility index (Phi) is 6.04. The molecule has 6 heteroatoms. The maximum atomic E-state index is 12.2. The molecule has 0 unspecified atom stereocenters. The van der Waals surface area contributed by atoms with Crippen molar-refractivity contribution in [2.45, 2.75) is 12.8 Å². The molecule has 2 aromatic carbocycles. The van der Waals surface area contributed by atoms with E-state index in [0.29, 0.717) is 29.1 Å². The van der Waals surface area contributed by atoms with Crippen LogP contribution in [0.15, 0.2) is 54.6 Å². The van der Waals surface area contributed by atoms with Gasteiger partial charge in [0.1, 0.15) is 0 Å². The van der Waals surface area contributed by atoms with Crippen LogP contribution in [0.5, 0.6) is 0 Å². The highest BCUT2D eigenvalue weighted by Crippen LogP contribution is 2.21. The first-order valence-corrected chi connectivity index (χ1v) is 8.95. The Labute approximate surface area is 162 Å². The normalized spacial score (nSPS) is 14.0. The summed E-state index contributed by atoms with van der Waals surface area (Å²) < 4.78 is 4.98. The minimum Gasteiger partial charge on any atom is -0.454 e. The first kappa shape index (κ1) is 18.9. The second kappa shape index (κ2) is 8.64. The molecule has 1 aliphatic rings. The number of carbonyl (C=O) groups is 3. The molecule has 0 atom stereocenters. The number of ketones is 1. The van der Waals surface area contributed by atoms with Gasteiger partial charge in [-0.15, -0.1) is 0 Å². The largest absolute Gasteiger partial charge is 0.454 e. The maximum absolute atomic E-state index is 12.2. The van der Waals surface area contributed by atoms with Gasteiger partial charge in [-0.1, -0.05) is 29.8 Å². The van der Waals surface area contributed by atoms with E-state index in [1.807, 2.05) is 0 Å². The smallest absolute Gasteiger partial charge is 0.331 e. The zero-order valence-corrected chi connectivity index (χ0v) is 15.3. The van der Waals surface area contributed by atoms with E-state index in [2.05, 4.69) is 0 Å². The number of anilines is 1. The lowest BCUT2D eigenvalue weighted by atomic mass is 10.1. The Bertz CT molecular complexity index is 889. The van der Waals surface area contributed by atoms with Gasteiger partial charge in [0.15, 0.2) is 12.4 Å². The highest BCUT2D eigenvalue weighted by atomic mass is 35.5. The number of rotatable bonds is 6. The van der Waals surface area contributed by atoms with Crippen molar-refractivity contribution in [1.29, 1.82) is 0 Å². The molecule has 138 valence electrons. The lowest BCUT2D eigenvalue weighted by Crippen LogP contribution is -2.23. The van der Waals surface area contributed by atoms with E-state index in [1.165, 1.54) is 12.2 Å². The Morgan fingerprint density at radius 3 is 2.52 bits per heavy atom. The first-order valence-electron chi connectivity index (χ1n) is 8.57. The number of Topliss-reactive ketones (excluding diaryl/α,β-unsaturated/α-hetero) is 1. The highest BCUT2D eigenvalue weighted by molar-refractivity contribution is 6.32. The summed E-state index contributed by atoms with van der Waals surface area (Å²) in [5, 5.41) is 0.522. The van der Waals surface area contributed by atoms with Crippen molar-refractivity contribution in [2.75, 3.05) is 18.1 Å². The lowest BCUT2D eigenvalue weighted by Gasteiger charge is -2.15. The van der Waals surface area contributed by atoms with Crippen LogP contribution < -0.4 is 4.90 Å². The Hall–Kier alpha value is -2.92. The van der Waals surface area contributed by atoms with Gasteiger partial charge >= 0.3 is 5.97 Å². The fraction of sp³-hybridized carbons (Fsp3) is 0.190. The summed E-state index contributed by atoms with van der Waals surface area (Å²) in [5.74, 6) is -0.843. The quantitative estimate of drug-likeness (QED) is 0.431. The number of halogens is 1. The standard InChI is InChI=1S/C21H18ClNO4/c22-18-5-2-1-4-15(18)9-12-21(26)27-14-19(24)16-7-10-17(11-8-16)23-13-3-6-20(23)25/h1-2,4-5,7-12H,3,6,13-14H2/b12-9+. The number of nitrogens with zero attached hydrogens (tertiary/aromatic N) is 1. The molecule has 1 amide bonds. The molecular weight excluding hydrogens is 366 g/mol. The molecule has 1 heterocycles. The number of carbonyl (C=O) groups excluding carboxylic acids is 3. The van der Waals surface area contributed by atoms with Crippen LogP contribution >= 0.6 is 11.6 Å². The van der Waals surface area contributed by atoms with Crippen LogP contribution in [0.3, 0.4) is 0 Å². The molecule has 1 fully saturated rings. The van der Waals surface area contributed by atoms with Crippen molar-refractivity contribution in [3.63, 3.8) is 0 Å². The Morgan fingerprint density at radius 2 is 1.85 bits per heavy atom. The predicted molar refractivity (Wildman–Crippen MR) is 104 cm³/mol. The first-order chi connectivity index (χ1) is 13.0. The second-order valence-corrected chi connectivity index (χ2v) is 6.49. The minimum atomic E-state index is -0.623. The number of hydrogen-bond donors (Lipinski definition) is 0. The van der Waals surface area contributed by atoms with E-state index in [-0.39, 0.29) is 18.3 Å². The third-order valence-corrected chi connectivity index (χ3v) is 4.57. The van der Waals surface area contributed by atoms with Gasteiger partial charge in [0.05, 0.1) is 0 Å². The summed E-state index contributed by atoms with van der Waals surface area (Å²) in [4.78, 5) is 37.4. The van der Waals surface area contributed by atoms with Crippen LogP contribution in [0.4, 0.5) is 5.69 Å².